The Morgan fingerprint density at radius 3 is 2.50 bits per heavy atom. The Balaban J connectivity index is 2.18. The number of fused-ring (bicyclic) bond motifs is 1. The number of hydrogen-bond acceptors (Lipinski definition) is 2. The molecule has 0 fully saturated rings. The lowest BCUT2D eigenvalue weighted by Gasteiger charge is -2.28. The number of allylic oxidation sites excluding steroid dienone is 4. The average molecular weight is 290 g/mol. The highest BCUT2D eigenvalue weighted by atomic mass is 19.1. The molecule has 2 nitrogen and oxygen atoms in total. The molecule has 1 heterocycles. The van der Waals surface area contributed by atoms with Crippen LogP contribution in [0.5, 0.6) is 0 Å². The van der Waals surface area contributed by atoms with Crippen LogP contribution in [0.15, 0.2) is 85.6 Å². The summed E-state index contributed by atoms with van der Waals surface area (Å²) in [5, 5.41) is 2.75. The number of hydrogen-bond donors (Lipinski definition) is 1. The van der Waals surface area contributed by atoms with Crippen molar-refractivity contribution in [3.63, 3.8) is 0 Å². The van der Waals surface area contributed by atoms with E-state index in [4.69, 9.17) is 0 Å². The Morgan fingerprint density at radius 1 is 0.955 bits per heavy atom. The Hall–Kier alpha value is -2.75. The SMILES string of the molecule is C=C1/C=C\C=C/NB(F)N(c2ccccc2)c2ccccc21. The maximum absolute atomic E-state index is 14.8. The Labute approximate surface area is 130 Å². The quantitative estimate of drug-likeness (QED) is 0.780. The maximum Gasteiger partial charge on any atom is 0.589 e. The van der Waals surface area contributed by atoms with E-state index < -0.39 is 7.26 Å². The molecule has 1 aliphatic rings. The van der Waals surface area contributed by atoms with Crippen molar-refractivity contribution < 1.29 is 4.32 Å². The normalized spacial score (nSPS) is 17.4. The zero-order valence-electron chi connectivity index (χ0n) is 12.1. The Morgan fingerprint density at radius 2 is 1.68 bits per heavy atom. The molecule has 0 bridgehead atoms. The van der Waals surface area contributed by atoms with Gasteiger partial charge in [-0.1, -0.05) is 55.1 Å². The van der Waals surface area contributed by atoms with Gasteiger partial charge in [-0.15, -0.1) is 0 Å². The van der Waals surface area contributed by atoms with Gasteiger partial charge in [0, 0.05) is 16.9 Å². The molecule has 3 rings (SSSR count). The predicted molar refractivity (Wildman–Crippen MR) is 92.3 cm³/mol. The highest BCUT2D eigenvalue weighted by molar-refractivity contribution is 6.56. The summed E-state index contributed by atoms with van der Waals surface area (Å²) in [6.07, 6.45) is 7.11. The van der Waals surface area contributed by atoms with Crippen LogP contribution < -0.4 is 10.0 Å². The van der Waals surface area contributed by atoms with Gasteiger partial charge in [-0.25, -0.2) is 0 Å². The molecule has 0 atom stereocenters. The fraction of sp³-hybridized carbons (Fsp3) is 0. The van der Waals surface area contributed by atoms with Gasteiger partial charge in [0.25, 0.3) is 0 Å². The largest absolute Gasteiger partial charge is 0.589 e. The first-order chi connectivity index (χ1) is 10.8. The van der Waals surface area contributed by atoms with E-state index >= 15 is 0 Å². The van der Waals surface area contributed by atoms with E-state index in [1.807, 2.05) is 66.7 Å². The zero-order chi connectivity index (χ0) is 15.4. The summed E-state index contributed by atoms with van der Waals surface area (Å²) < 4.78 is 14.8. The number of nitrogens with zero attached hydrogens (tertiary/aromatic N) is 1. The predicted octanol–water partition coefficient (Wildman–Crippen LogP) is 4.47. The maximum atomic E-state index is 14.8. The number of halogens is 1. The molecule has 0 saturated carbocycles. The Bertz CT molecular complexity index is 725. The van der Waals surface area contributed by atoms with Gasteiger partial charge < -0.3 is 10.0 Å². The van der Waals surface area contributed by atoms with Crippen molar-refractivity contribution in [2.75, 3.05) is 4.81 Å². The summed E-state index contributed by atoms with van der Waals surface area (Å²) in [6.45, 7) is 4.09. The van der Waals surface area contributed by atoms with E-state index in [1.165, 1.54) is 0 Å². The molecule has 1 aliphatic heterocycles. The van der Waals surface area contributed by atoms with Crippen LogP contribution in [0.25, 0.3) is 5.57 Å². The lowest BCUT2D eigenvalue weighted by Crippen LogP contribution is -2.42. The van der Waals surface area contributed by atoms with Crippen LogP contribution >= 0.6 is 0 Å². The van der Waals surface area contributed by atoms with Crippen molar-refractivity contribution in [1.82, 2.24) is 5.23 Å². The molecule has 0 unspecified atom stereocenters. The number of rotatable bonds is 1. The lowest BCUT2D eigenvalue weighted by atomic mass is 9.93. The summed E-state index contributed by atoms with van der Waals surface area (Å²) in [4.78, 5) is 1.63. The second-order valence-corrected chi connectivity index (χ2v) is 4.97. The first-order valence-corrected chi connectivity index (χ1v) is 7.13. The van der Waals surface area contributed by atoms with Crippen LogP contribution in [0.4, 0.5) is 15.7 Å². The first kappa shape index (κ1) is 14.2. The van der Waals surface area contributed by atoms with E-state index in [2.05, 4.69) is 11.8 Å². The third-order valence-electron chi connectivity index (χ3n) is 3.51. The van der Waals surface area contributed by atoms with Gasteiger partial charge in [-0.3, -0.25) is 4.32 Å². The molecular weight excluding hydrogens is 274 g/mol. The minimum atomic E-state index is -1.38. The summed E-state index contributed by atoms with van der Waals surface area (Å²) in [7, 11) is -1.38. The van der Waals surface area contributed by atoms with Crippen LogP contribution in [0.1, 0.15) is 5.56 Å². The second kappa shape index (κ2) is 6.35. The van der Waals surface area contributed by atoms with Gasteiger partial charge in [-0.2, -0.15) is 0 Å². The smallest absolute Gasteiger partial charge is 0.385 e. The first-order valence-electron chi connectivity index (χ1n) is 7.13. The molecule has 22 heavy (non-hydrogen) atoms. The summed E-state index contributed by atoms with van der Waals surface area (Å²) >= 11 is 0. The fourth-order valence-corrected chi connectivity index (χ4v) is 2.46. The van der Waals surface area contributed by atoms with E-state index in [0.29, 0.717) is 0 Å². The van der Waals surface area contributed by atoms with Gasteiger partial charge in [0.15, 0.2) is 0 Å². The third-order valence-corrected chi connectivity index (χ3v) is 3.51. The monoisotopic (exact) mass is 290 g/mol. The molecule has 0 saturated heterocycles. The molecule has 0 radical (unpaired) electrons. The topological polar surface area (TPSA) is 15.3 Å². The highest BCUT2D eigenvalue weighted by Crippen LogP contribution is 2.33. The molecular formula is C18H16BFN2. The minimum Gasteiger partial charge on any atom is -0.385 e. The standard InChI is InChI=1S/C18H16BFN2/c1-15-9-7-8-14-21-19(20)22(16-10-3-2-4-11-16)18-13-6-5-12-17(15)18/h2-14,21H,1H2/b9-7-,14-8-. The van der Waals surface area contributed by atoms with Crippen molar-refractivity contribution in [1.29, 1.82) is 0 Å². The van der Waals surface area contributed by atoms with Crippen LogP contribution in [-0.2, 0) is 0 Å². The summed E-state index contributed by atoms with van der Waals surface area (Å²) in [5.74, 6) is 0. The van der Waals surface area contributed by atoms with Gasteiger partial charge in [-0.05, 0) is 36.0 Å². The Kier molecular flexibility index (Phi) is 4.10. The van der Waals surface area contributed by atoms with Crippen molar-refractivity contribution >= 4 is 24.2 Å². The van der Waals surface area contributed by atoms with E-state index in [0.717, 1.165) is 22.5 Å². The van der Waals surface area contributed by atoms with E-state index in [-0.39, 0.29) is 0 Å². The molecule has 0 spiro atoms. The summed E-state index contributed by atoms with van der Waals surface area (Å²) in [5.41, 5.74) is 3.30. The number of benzene rings is 2. The zero-order valence-corrected chi connectivity index (χ0v) is 12.1. The van der Waals surface area contributed by atoms with Gasteiger partial charge in [0.2, 0.25) is 0 Å². The molecule has 2 aromatic rings. The lowest BCUT2D eigenvalue weighted by molar-refractivity contribution is 0.792. The van der Waals surface area contributed by atoms with Crippen LogP contribution in [0.3, 0.4) is 0 Å². The third kappa shape index (κ3) is 2.81. The second-order valence-electron chi connectivity index (χ2n) is 4.97. The van der Waals surface area contributed by atoms with Crippen LogP contribution in [0, 0.1) is 0 Å². The molecule has 0 aliphatic carbocycles. The van der Waals surface area contributed by atoms with Crippen molar-refractivity contribution in [2.45, 2.75) is 0 Å². The molecule has 2 aromatic carbocycles. The van der Waals surface area contributed by atoms with Crippen molar-refractivity contribution in [3.8, 4) is 0 Å². The van der Waals surface area contributed by atoms with Crippen LogP contribution in [0.2, 0.25) is 0 Å². The summed E-state index contributed by atoms with van der Waals surface area (Å²) in [6, 6.07) is 17.2. The number of nitrogens with one attached hydrogen (secondary N) is 1. The van der Waals surface area contributed by atoms with Gasteiger partial charge >= 0.3 is 7.26 Å². The van der Waals surface area contributed by atoms with Crippen molar-refractivity contribution in [3.05, 3.63) is 91.2 Å². The fourth-order valence-electron chi connectivity index (χ4n) is 2.46. The molecule has 0 amide bonds. The molecule has 4 heteroatoms. The molecule has 0 aromatic heterocycles. The molecule has 108 valence electrons. The minimum absolute atomic E-state index is 0.777. The van der Waals surface area contributed by atoms with Crippen molar-refractivity contribution in [2.24, 2.45) is 0 Å². The number of anilines is 2. The molecule has 1 N–H and O–H groups in total. The van der Waals surface area contributed by atoms with E-state index in [1.54, 1.807) is 17.1 Å². The van der Waals surface area contributed by atoms with E-state index in [9.17, 15) is 4.32 Å². The van der Waals surface area contributed by atoms with Crippen LogP contribution in [-0.4, -0.2) is 7.26 Å². The average Bonchev–Trinajstić information content (AvgIpc) is 2.56. The highest BCUT2D eigenvalue weighted by Gasteiger charge is 2.28. The van der Waals surface area contributed by atoms with Gasteiger partial charge in [0.05, 0.1) is 0 Å². The number of para-hydroxylation sites is 2. The van der Waals surface area contributed by atoms with Gasteiger partial charge in [0.1, 0.15) is 0 Å².